The molecule has 0 saturated heterocycles. The zero-order valence-electron chi connectivity index (χ0n) is 25.8. The molecule has 226 valence electrons. The van der Waals surface area contributed by atoms with Crippen LogP contribution in [0.5, 0.6) is 5.75 Å². The van der Waals surface area contributed by atoms with E-state index < -0.39 is 11.3 Å². The first-order chi connectivity index (χ1) is 20.5. The number of pyridine rings is 1. The van der Waals surface area contributed by atoms with E-state index in [1.807, 2.05) is 71.0 Å². The van der Waals surface area contributed by atoms with E-state index in [-0.39, 0.29) is 30.6 Å². The van der Waals surface area contributed by atoms with Crippen LogP contribution in [0.15, 0.2) is 66.9 Å². The number of nitrogens with zero attached hydrogens (tertiary/aromatic N) is 1. The first kappa shape index (κ1) is 32.0. The molecule has 0 spiro atoms. The first-order valence-corrected chi connectivity index (χ1v) is 15.2. The summed E-state index contributed by atoms with van der Waals surface area (Å²) in [5.74, 6) is -0.650. The van der Waals surface area contributed by atoms with Crippen LogP contribution in [-0.4, -0.2) is 28.5 Å². The molecule has 0 N–H and O–H groups in total. The molecule has 4 aromatic rings. The summed E-state index contributed by atoms with van der Waals surface area (Å²) in [7, 11) is 0. The summed E-state index contributed by atoms with van der Waals surface area (Å²) in [6, 6.07) is 18.6. The third-order valence-electron chi connectivity index (χ3n) is 7.51. The Bertz CT molecular complexity index is 1630. The maximum atomic E-state index is 14.3. The number of hydrogen-bond donors (Lipinski definition) is 0. The fraction of sp³-hybridized carbons (Fsp3) is 0.361. The number of esters is 1. The summed E-state index contributed by atoms with van der Waals surface area (Å²) in [5.41, 5.74) is 3.37. The molecule has 0 saturated carbocycles. The highest BCUT2D eigenvalue weighted by Crippen LogP contribution is 2.36. The van der Waals surface area contributed by atoms with Gasteiger partial charge in [-0.05, 0) is 67.6 Å². The second-order valence-electron chi connectivity index (χ2n) is 11.9. The van der Waals surface area contributed by atoms with Gasteiger partial charge in [0.2, 0.25) is 5.78 Å². The van der Waals surface area contributed by atoms with Crippen LogP contribution < -0.4 is 4.74 Å². The molecule has 4 rings (SSSR count). The summed E-state index contributed by atoms with van der Waals surface area (Å²) in [6.45, 7) is 11.8. The van der Waals surface area contributed by atoms with E-state index in [4.69, 9.17) is 21.1 Å². The minimum atomic E-state index is -0.751. The number of fused-ring (bicyclic) bond motifs is 1. The van der Waals surface area contributed by atoms with Crippen LogP contribution in [0.4, 0.5) is 0 Å². The molecule has 6 nitrogen and oxygen atoms in total. The van der Waals surface area contributed by atoms with Crippen molar-refractivity contribution < 1.29 is 23.9 Å². The Balaban J connectivity index is 1.96. The minimum Gasteiger partial charge on any atom is -0.489 e. The summed E-state index contributed by atoms with van der Waals surface area (Å²) in [5, 5.41) is 0.561. The van der Waals surface area contributed by atoms with Crippen LogP contribution >= 0.6 is 11.6 Å². The largest absolute Gasteiger partial charge is 0.489 e. The van der Waals surface area contributed by atoms with Gasteiger partial charge >= 0.3 is 5.97 Å². The molecule has 2 aromatic carbocycles. The molecule has 0 radical (unpaired) electrons. The Morgan fingerprint density at radius 3 is 2.33 bits per heavy atom. The number of aromatic nitrogens is 1. The Morgan fingerprint density at radius 1 is 0.977 bits per heavy atom. The average Bonchev–Trinajstić information content (AvgIpc) is 3.29. The van der Waals surface area contributed by atoms with Crippen LogP contribution in [0.1, 0.15) is 90.6 Å². The molecule has 2 heterocycles. The number of rotatable bonds is 12. The van der Waals surface area contributed by atoms with E-state index in [0.29, 0.717) is 51.7 Å². The van der Waals surface area contributed by atoms with Gasteiger partial charge < -0.3 is 13.9 Å². The SMILES string of the molecule is CCCC(Cc1c(C(=O)C(C)(C)C)c2cc(OCc3ccccc3)ccn2c1C(=O)c1ccc(Cl)c(C)c1)C(=O)OCC. The summed E-state index contributed by atoms with van der Waals surface area (Å²) >= 11 is 6.29. The molecule has 0 fully saturated rings. The molecule has 0 bridgehead atoms. The second-order valence-corrected chi connectivity index (χ2v) is 12.3. The molecular weight excluding hydrogens is 562 g/mol. The number of benzene rings is 2. The minimum absolute atomic E-state index is 0.120. The fourth-order valence-corrected chi connectivity index (χ4v) is 5.39. The number of ketones is 2. The topological polar surface area (TPSA) is 74.1 Å². The predicted octanol–water partition coefficient (Wildman–Crippen LogP) is 8.46. The molecular formula is C36H40ClNO5. The molecule has 0 aliphatic carbocycles. The average molecular weight is 602 g/mol. The molecule has 0 aliphatic rings. The van der Waals surface area contributed by atoms with Crippen molar-refractivity contribution in [3.63, 3.8) is 0 Å². The van der Waals surface area contributed by atoms with Crippen LogP contribution in [-0.2, 0) is 22.6 Å². The van der Waals surface area contributed by atoms with Gasteiger partial charge in [-0.1, -0.05) is 76.0 Å². The Hall–Kier alpha value is -3.90. The van der Waals surface area contributed by atoms with E-state index in [0.717, 1.165) is 17.5 Å². The van der Waals surface area contributed by atoms with Crippen molar-refractivity contribution in [3.05, 3.63) is 105 Å². The van der Waals surface area contributed by atoms with Crippen molar-refractivity contribution in [2.24, 2.45) is 11.3 Å². The van der Waals surface area contributed by atoms with Gasteiger partial charge in [0.15, 0.2) is 5.78 Å². The number of carbonyl (C=O) groups excluding carboxylic acids is 3. The zero-order chi connectivity index (χ0) is 31.3. The van der Waals surface area contributed by atoms with Gasteiger partial charge in [0.05, 0.1) is 23.7 Å². The summed E-state index contributed by atoms with van der Waals surface area (Å²) < 4.78 is 13.3. The molecule has 1 unspecified atom stereocenters. The first-order valence-electron chi connectivity index (χ1n) is 14.8. The maximum Gasteiger partial charge on any atom is 0.309 e. The number of Topliss-reactive ketones (excluding diaryl/α,β-unsaturated/α-hetero) is 1. The third kappa shape index (κ3) is 7.19. The van der Waals surface area contributed by atoms with Gasteiger partial charge in [-0.15, -0.1) is 0 Å². The molecule has 0 amide bonds. The van der Waals surface area contributed by atoms with E-state index >= 15 is 0 Å². The highest BCUT2D eigenvalue weighted by Gasteiger charge is 2.35. The highest BCUT2D eigenvalue weighted by molar-refractivity contribution is 6.31. The number of halogens is 1. The lowest BCUT2D eigenvalue weighted by Crippen LogP contribution is -2.25. The number of carbonyl (C=O) groups is 3. The second kappa shape index (κ2) is 13.6. The van der Waals surface area contributed by atoms with E-state index in [9.17, 15) is 14.4 Å². The number of hydrogen-bond acceptors (Lipinski definition) is 5. The molecule has 1 atom stereocenters. The Labute approximate surface area is 259 Å². The quantitative estimate of drug-likeness (QED) is 0.120. The zero-order valence-corrected chi connectivity index (χ0v) is 26.6. The predicted molar refractivity (Wildman–Crippen MR) is 170 cm³/mol. The lowest BCUT2D eigenvalue weighted by Gasteiger charge is -2.20. The summed E-state index contributed by atoms with van der Waals surface area (Å²) in [6.07, 6.45) is 3.27. The van der Waals surface area contributed by atoms with Crippen molar-refractivity contribution in [3.8, 4) is 5.75 Å². The Kier molecular flexibility index (Phi) is 10.1. The number of aryl methyl sites for hydroxylation is 1. The van der Waals surface area contributed by atoms with Crippen LogP contribution in [0, 0.1) is 18.3 Å². The normalized spacial score (nSPS) is 12.3. The standard InChI is InChI=1S/C36H40ClNO5/c1-7-12-26(35(41)42-8-2)20-28-31(34(40)36(4,5)6)30-21-27(43-22-24-13-10-9-11-14-24)17-18-38(30)32(28)33(39)25-15-16-29(37)23(3)19-25/h9-11,13-19,21,26H,7-8,12,20,22H2,1-6H3. The van der Waals surface area contributed by atoms with E-state index in [1.54, 1.807) is 41.8 Å². The van der Waals surface area contributed by atoms with E-state index in [2.05, 4.69) is 0 Å². The smallest absolute Gasteiger partial charge is 0.309 e. The lowest BCUT2D eigenvalue weighted by atomic mass is 9.82. The summed E-state index contributed by atoms with van der Waals surface area (Å²) in [4.78, 5) is 41.6. The lowest BCUT2D eigenvalue weighted by molar-refractivity contribution is -0.148. The molecule has 2 aromatic heterocycles. The van der Waals surface area contributed by atoms with Gasteiger partial charge in [0, 0.05) is 33.8 Å². The van der Waals surface area contributed by atoms with Crippen molar-refractivity contribution in [1.29, 1.82) is 0 Å². The van der Waals surface area contributed by atoms with Crippen molar-refractivity contribution >= 4 is 34.7 Å². The van der Waals surface area contributed by atoms with Gasteiger partial charge in [0.1, 0.15) is 12.4 Å². The van der Waals surface area contributed by atoms with Crippen molar-refractivity contribution in [2.45, 2.75) is 67.4 Å². The van der Waals surface area contributed by atoms with Crippen LogP contribution in [0.2, 0.25) is 5.02 Å². The molecule has 7 heteroatoms. The fourth-order valence-electron chi connectivity index (χ4n) is 5.27. The van der Waals surface area contributed by atoms with Crippen molar-refractivity contribution in [2.75, 3.05) is 6.61 Å². The van der Waals surface area contributed by atoms with Crippen LogP contribution in [0.25, 0.3) is 5.52 Å². The molecule has 43 heavy (non-hydrogen) atoms. The van der Waals surface area contributed by atoms with Gasteiger partial charge in [-0.25, -0.2) is 0 Å². The van der Waals surface area contributed by atoms with E-state index in [1.165, 1.54) is 0 Å². The van der Waals surface area contributed by atoms with Gasteiger partial charge in [0.25, 0.3) is 0 Å². The van der Waals surface area contributed by atoms with Gasteiger partial charge in [-0.3, -0.25) is 14.4 Å². The Morgan fingerprint density at radius 2 is 1.70 bits per heavy atom. The van der Waals surface area contributed by atoms with Crippen LogP contribution in [0.3, 0.4) is 0 Å². The monoisotopic (exact) mass is 601 g/mol. The third-order valence-corrected chi connectivity index (χ3v) is 7.93. The maximum absolute atomic E-state index is 14.3. The molecule has 0 aliphatic heterocycles. The number of ether oxygens (including phenoxy) is 2. The van der Waals surface area contributed by atoms with Crippen molar-refractivity contribution in [1.82, 2.24) is 4.40 Å². The van der Waals surface area contributed by atoms with Gasteiger partial charge in [-0.2, -0.15) is 0 Å². The highest BCUT2D eigenvalue weighted by atomic mass is 35.5.